The molecule has 142 valence electrons. The zero-order chi connectivity index (χ0) is 19.9. The third kappa shape index (κ3) is 4.83. The molecule has 0 radical (unpaired) electrons. The van der Waals surface area contributed by atoms with Crippen molar-refractivity contribution in [2.24, 2.45) is 10.2 Å². The van der Waals surface area contributed by atoms with E-state index in [4.69, 9.17) is 10.4 Å². The summed E-state index contributed by atoms with van der Waals surface area (Å²) in [5, 5.41) is 32.1. The van der Waals surface area contributed by atoms with E-state index in [9.17, 15) is 9.59 Å². The molecule has 2 N–H and O–H groups in total. The maximum absolute atomic E-state index is 11.7. The van der Waals surface area contributed by atoms with Crippen LogP contribution in [-0.2, 0) is 16.1 Å². The van der Waals surface area contributed by atoms with E-state index >= 15 is 0 Å². The summed E-state index contributed by atoms with van der Waals surface area (Å²) in [4.78, 5) is 22.5. The molecule has 0 saturated carbocycles. The number of aromatic nitrogens is 2. The molecule has 0 spiro atoms. The molecule has 9 nitrogen and oxygen atoms in total. The number of aliphatic carboxylic acids is 1. The number of amidine groups is 1. The Labute approximate surface area is 164 Å². The summed E-state index contributed by atoms with van der Waals surface area (Å²) in [5.41, 5.74) is 2.32. The van der Waals surface area contributed by atoms with Crippen molar-refractivity contribution in [1.82, 2.24) is 15.1 Å². The first kappa shape index (κ1) is 19.3. The van der Waals surface area contributed by atoms with E-state index in [0.717, 1.165) is 17.3 Å². The van der Waals surface area contributed by atoms with Crippen LogP contribution in [0.15, 0.2) is 46.7 Å². The Morgan fingerprint density at radius 2 is 2.21 bits per heavy atom. The second-order valence-corrected chi connectivity index (χ2v) is 7.01. The van der Waals surface area contributed by atoms with Crippen molar-refractivity contribution in [3.05, 3.63) is 42.1 Å². The van der Waals surface area contributed by atoms with Crippen LogP contribution in [0.3, 0.4) is 0 Å². The number of carbonyl (C=O) groups excluding carboxylic acids is 1. The van der Waals surface area contributed by atoms with Gasteiger partial charge >= 0.3 is 5.97 Å². The highest BCUT2D eigenvalue weighted by atomic mass is 32.2. The standard InChI is InChI=1S/C18H16N6O3S/c19-7-4-8-24-11-13(16(23-24)12-5-2-1-3-6-12)10-20-22-18-21-17(27)14(28-18)9-15(25)26/h1-3,5-6,10-11,14H,4,8-9H2,(H,25,26)(H,21,22,27)/b20-10-/t14-/m0/s1. The topological polar surface area (TPSA) is 133 Å². The highest BCUT2D eigenvalue weighted by Gasteiger charge is 2.32. The number of nitrogens with one attached hydrogen (secondary N) is 1. The third-order valence-corrected chi connectivity index (χ3v) is 4.84. The van der Waals surface area contributed by atoms with Gasteiger partial charge in [-0.3, -0.25) is 14.3 Å². The van der Waals surface area contributed by atoms with Gasteiger partial charge in [0.05, 0.1) is 31.7 Å². The first-order valence-electron chi connectivity index (χ1n) is 8.37. The van der Waals surface area contributed by atoms with Gasteiger partial charge in [0.1, 0.15) is 10.9 Å². The molecule has 3 rings (SSSR count). The zero-order valence-corrected chi connectivity index (χ0v) is 15.5. The lowest BCUT2D eigenvalue weighted by molar-refractivity contribution is -0.138. The number of thioether (sulfide) groups is 1. The van der Waals surface area contributed by atoms with Gasteiger partial charge in [-0.25, -0.2) is 0 Å². The normalized spacial score (nSPS) is 17.8. The van der Waals surface area contributed by atoms with E-state index in [0.29, 0.717) is 24.2 Å². The van der Waals surface area contributed by atoms with Crippen LogP contribution in [0.5, 0.6) is 0 Å². The number of benzene rings is 1. The first-order chi connectivity index (χ1) is 13.6. The van der Waals surface area contributed by atoms with Gasteiger partial charge in [-0.15, -0.1) is 5.10 Å². The molecule has 1 atom stereocenters. The van der Waals surface area contributed by atoms with Gasteiger partial charge < -0.3 is 10.4 Å². The maximum atomic E-state index is 11.7. The number of carboxylic acid groups (broad SMARTS) is 1. The van der Waals surface area contributed by atoms with Crippen molar-refractivity contribution in [3.63, 3.8) is 0 Å². The molecule has 1 aromatic heterocycles. The van der Waals surface area contributed by atoms with E-state index in [-0.39, 0.29) is 11.6 Å². The van der Waals surface area contributed by atoms with Gasteiger partial charge in [-0.05, 0) is 0 Å². The van der Waals surface area contributed by atoms with Crippen LogP contribution in [0.2, 0.25) is 0 Å². The molecular weight excluding hydrogens is 380 g/mol. The summed E-state index contributed by atoms with van der Waals surface area (Å²) in [6, 6.07) is 11.6. The smallest absolute Gasteiger partial charge is 0.305 e. The van der Waals surface area contributed by atoms with Crippen LogP contribution >= 0.6 is 11.8 Å². The van der Waals surface area contributed by atoms with Crippen LogP contribution in [0.1, 0.15) is 18.4 Å². The molecule has 10 heteroatoms. The summed E-state index contributed by atoms with van der Waals surface area (Å²) in [6.45, 7) is 0.460. The molecule has 28 heavy (non-hydrogen) atoms. The molecule has 0 bridgehead atoms. The van der Waals surface area contributed by atoms with Crippen molar-refractivity contribution >= 4 is 35.0 Å². The Morgan fingerprint density at radius 1 is 1.43 bits per heavy atom. The highest BCUT2D eigenvalue weighted by molar-refractivity contribution is 8.15. The Bertz CT molecular complexity index is 977. The van der Waals surface area contributed by atoms with Crippen molar-refractivity contribution in [3.8, 4) is 17.3 Å². The fourth-order valence-corrected chi connectivity index (χ4v) is 3.43. The van der Waals surface area contributed by atoms with Crippen LogP contribution in [0.4, 0.5) is 0 Å². The summed E-state index contributed by atoms with van der Waals surface area (Å²) >= 11 is 1.04. The second kappa shape index (κ2) is 8.96. The quantitative estimate of drug-likeness (QED) is 0.542. The number of rotatable bonds is 7. The monoisotopic (exact) mass is 396 g/mol. The molecule has 1 fully saturated rings. The summed E-state index contributed by atoms with van der Waals surface area (Å²) < 4.78 is 1.68. The van der Waals surface area contributed by atoms with Gasteiger partial charge in [0.15, 0.2) is 5.17 Å². The number of hydrogen-bond acceptors (Lipinski definition) is 7. The van der Waals surface area contributed by atoms with Crippen LogP contribution in [0, 0.1) is 11.3 Å². The molecule has 1 saturated heterocycles. The molecule has 0 aliphatic carbocycles. The maximum Gasteiger partial charge on any atom is 0.305 e. The lowest BCUT2D eigenvalue weighted by Crippen LogP contribution is -2.26. The minimum atomic E-state index is -1.05. The Morgan fingerprint density at radius 3 is 2.93 bits per heavy atom. The fraction of sp³-hybridized carbons (Fsp3) is 0.222. The van der Waals surface area contributed by atoms with Crippen molar-refractivity contribution < 1.29 is 14.7 Å². The third-order valence-electron chi connectivity index (χ3n) is 3.77. The van der Waals surface area contributed by atoms with Gasteiger partial charge in [0.25, 0.3) is 0 Å². The van der Waals surface area contributed by atoms with E-state index in [2.05, 4.69) is 26.7 Å². The van der Waals surface area contributed by atoms with Crippen LogP contribution < -0.4 is 5.32 Å². The average Bonchev–Trinajstić information content (AvgIpc) is 3.24. The Hall–Kier alpha value is -3.45. The number of carboxylic acids is 1. The number of hydrogen-bond donors (Lipinski definition) is 2. The van der Waals surface area contributed by atoms with Crippen molar-refractivity contribution in [1.29, 1.82) is 5.26 Å². The van der Waals surface area contributed by atoms with E-state index in [1.165, 1.54) is 6.21 Å². The first-order valence-corrected chi connectivity index (χ1v) is 9.25. The predicted octanol–water partition coefficient (Wildman–Crippen LogP) is 1.86. The minimum absolute atomic E-state index is 0.255. The zero-order valence-electron chi connectivity index (χ0n) is 14.6. The molecule has 1 aliphatic rings. The van der Waals surface area contributed by atoms with E-state index in [1.807, 2.05) is 30.3 Å². The summed E-state index contributed by atoms with van der Waals surface area (Å²) in [5.74, 6) is -1.44. The molecule has 2 aromatic rings. The van der Waals surface area contributed by atoms with E-state index in [1.54, 1.807) is 10.9 Å². The Balaban J connectivity index is 1.79. The van der Waals surface area contributed by atoms with Gasteiger partial charge in [0.2, 0.25) is 5.91 Å². The number of nitrogens with zero attached hydrogens (tertiary/aromatic N) is 5. The molecule has 1 aliphatic heterocycles. The van der Waals surface area contributed by atoms with Gasteiger partial charge in [0, 0.05) is 17.3 Å². The number of amides is 1. The molecule has 2 heterocycles. The number of carbonyl (C=O) groups is 2. The molecule has 1 amide bonds. The Kier molecular flexibility index (Phi) is 6.18. The highest BCUT2D eigenvalue weighted by Crippen LogP contribution is 2.23. The SMILES string of the molecule is N#CCCn1cc(/C=N\N=C2/NC(=O)[C@H](CC(=O)O)S2)c(-c2ccccc2)n1. The van der Waals surface area contributed by atoms with Crippen molar-refractivity contribution in [2.75, 3.05) is 0 Å². The lowest BCUT2D eigenvalue weighted by atomic mass is 10.1. The molecular formula is C18H16N6O3S. The van der Waals surface area contributed by atoms with Crippen LogP contribution in [0.25, 0.3) is 11.3 Å². The number of aryl methyl sites for hydroxylation is 1. The van der Waals surface area contributed by atoms with E-state index < -0.39 is 17.1 Å². The largest absolute Gasteiger partial charge is 0.481 e. The summed E-state index contributed by atoms with van der Waals surface area (Å²) in [6.07, 6.45) is 3.35. The van der Waals surface area contributed by atoms with Crippen LogP contribution in [-0.4, -0.2) is 43.4 Å². The lowest BCUT2D eigenvalue weighted by Gasteiger charge is -1.98. The molecule has 0 unspecified atom stereocenters. The predicted molar refractivity (Wildman–Crippen MR) is 105 cm³/mol. The van der Waals surface area contributed by atoms with Gasteiger partial charge in [-0.1, -0.05) is 42.1 Å². The molecule has 1 aromatic carbocycles. The summed E-state index contributed by atoms with van der Waals surface area (Å²) in [7, 11) is 0. The second-order valence-electron chi connectivity index (χ2n) is 5.81. The average molecular weight is 396 g/mol. The van der Waals surface area contributed by atoms with Gasteiger partial charge in [-0.2, -0.15) is 15.5 Å². The fourth-order valence-electron chi connectivity index (χ4n) is 2.52. The van der Waals surface area contributed by atoms with Crippen molar-refractivity contribution in [2.45, 2.75) is 24.6 Å². The minimum Gasteiger partial charge on any atom is -0.481 e. The number of nitriles is 1.